The molecule has 1 aromatic heterocycles. The van der Waals surface area contributed by atoms with Gasteiger partial charge in [-0.3, -0.25) is 0 Å². The molecule has 0 unspecified atom stereocenters. The summed E-state index contributed by atoms with van der Waals surface area (Å²) in [5.74, 6) is 0. The van der Waals surface area contributed by atoms with Gasteiger partial charge in [0.2, 0.25) is 0 Å². The molecule has 0 saturated heterocycles. The van der Waals surface area contributed by atoms with Crippen LogP contribution in [0.5, 0.6) is 0 Å². The van der Waals surface area contributed by atoms with Gasteiger partial charge in [-0.05, 0) is 25.5 Å². The number of nitrogen functional groups attached to an aromatic ring is 1. The molecule has 0 aliphatic heterocycles. The van der Waals surface area contributed by atoms with Crippen molar-refractivity contribution in [1.29, 1.82) is 0 Å². The van der Waals surface area contributed by atoms with Crippen LogP contribution < -0.4 is 5.73 Å². The zero-order valence-corrected chi connectivity index (χ0v) is 8.36. The minimum Gasteiger partial charge on any atom is -0.396 e. The van der Waals surface area contributed by atoms with Crippen LogP contribution in [0.25, 0.3) is 5.69 Å². The lowest BCUT2D eigenvalue weighted by Crippen LogP contribution is -2.01. The molecule has 3 nitrogen and oxygen atoms in total. The summed E-state index contributed by atoms with van der Waals surface area (Å²) in [6, 6.07) is 8.11. The zero-order valence-electron chi connectivity index (χ0n) is 8.36. The van der Waals surface area contributed by atoms with Crippen LogP contribution in [-0.4, -0.2) is 9.78 Å². The molecule has 0 radical (unpaired) electrons. The van der Waals surface area contributed by atoms with Gasteiger partial charge >= 0.3 is 0 Å². The summed E-state index contributed by atoms with van der Waals surface area (Å²) >= 11 is 0. The van der Waals surface area contributed by atoms with Gasteiger partial charge in [-0.1, -0.05) is 18.2 Å². The molecule has 1 heterocycles. The Labute approximate surface area is 83.2 Å². The number of para-hydroxylation sites is 1. The third-order valence-corrected chi connectivity index (χ3v) is 2.39. The van der Waals surface area contributed by atoms with Crippen LogP contribution >= 0.6 is 0 Å². The van der Waals surface area contributed by atoms with Crippen molar-refractivity contribution in [1.82, 2.24) is 9.78 Å². The monoisotopic (exact) mass is 187 g/mol. The van der Waals surface area contributed by atoms with E-state index in [0.29, 0.717) is 0 Å². The van der Waals surface area contributed by atoms with Gasteiger partial charge in [0.25, 0.3) is 0 Å². The molecule has 0 aliphatic rings. The summed E-state index contributed by atoms with van der Waals surface area (Å²) in [4.78, 5) is 0. The Hall–Kier alpha value is -1.77. The van der Waals surface area contributed by atoms with Crippen molar-refractivity contribution >= 4 is 5.69 Å². The Bertz CT molecular complexity index is 457. The average Bonchev–Trinajstić information content (AvgIpc) is 2.49. The topological polar surface area (TPSA) is 43.8 Å². The summed E-state index contributed by atoms with van der Waals surface area (Å²) in [5.41, 5.74) is 9.74. The van der Waals surface area contributed by atoms with Crippen molar-refractivity contribution in [2.45, 2.75) is 13.8 Å². The summed E-state index contributed by atoms with van der Waals surface area (Å²) in [5, 5.41) is 4.24. The van der Waals surface area contributed by atoms with Gasteiger partial charge in [-0.25, -0.2) is 4.68 Å². The van der Waals surface area contributed by atoms with Crippen molar-refractivity contribution in [2.24, 2.45) is 0 Å². The number of nitrogens with two attached hydrogens (primary N) is 1. The van der Waals surface area contributed by atoms with Crippen LogP contribution in [-0.2, 0) is 0 Å². The number of hydrogen-bond donors (Lipinski definition) is 1. The number of nitrogens with zero attached hydrogens (tertiary/aromatic N) is 2. The summed E-state index contributed by atoms with van der Waals surface area (Å²) in [6.45, 7) is 4.03. The maximum atomic E-state index is 5.74. The highest BCUT2D eigenvalue weighted by molar-refractivity contribution is 5.47. The average molecular weight is 187 g/mol. The van der Waals surface area contributed by atoms with Crippen LogP contribution in [0, 0.1) is 13.8 Å². The van der Waals surface area contributed by atoms with E-state index in [1.807, 2.05) is 29.8 Å². The van der Waals surface area contributed by atoms with Crippen LogP contribution in [0.2, 0.25) is 0 Å². The molecule has 0 amide bonds. The maximum absolute atomic E-state index is 5.74. The van der Waals surface area contributed by atoms with Crippen molar-refractivity contribution < 1.29 is 0 Å². The lowest BCUT2D eigenvalue weighted by Gasteiger charge is -2.07. The minimum absolute atomic E-state index is 0.730. The Kier molecular flexibility index (Phi) is 2.00. The van der Waals surface area contributed by atoms with Crippen LogP contribution in [0.3, 0.4) is 0 Å². The van der Waals surface area contributed by atoms with Gasteiger partial charge in [0.15, 0.2) is 0 Å². The third kappa shape index (κ3) is 1.27. The molecular formula is C11H13N3. The molecule has 72 valence electrons. The molecule has 0 bridgehead atoms. The lowest BCUT2D eigenvalue weighted by atomic mass is 10.2. The molecule has 0 saturated carbocycles. The predicted molar refractivity (Wildman–Crippen MR) is 57.5 cm³/mol. The fraction of sp³-hybridized carbons (Fsp3) is 0.182. The van der Waals surface area contributed by atoms with Crippen LogP contribution in [0.1, 0.15) is 11.3 Å². The van der Waals surface area contributed by atoms with E-state index in [1.54, 1.807) is 6.20 Å². The highest BCUT2D eigenvalue weighted by Gasteiger charge is 2.06. The molecule has 2 N–H and O–H groups in total. The molecule has 0 aliphatic carbocycles. The molecule has 1 aromatic carbocycles. The molecule has 0 spiro atoms. The van der Waals surface area contributed by atoms with Crippen LogP contribution in [0.15, 0.2) is 30.5 Å². The molecule has 0 fully saturated rings. The van der Waals surface area contributed by atoms with E-state index >= 15 is 0 Å². The maximum Gasteiger partial charge on any atom is 0.0734 e. The number of anilines is 1. The first-order chi connectivity index (χ1) is 6.70. The van der Waals surface area contributed by atoms with E-state index in [-0.39, 0.29) is 0 Å². The number of benzene rings is 1. The first-order valence-corrected chi connectivity index (χ1v) is 4.56. The number of aromatic nitrogens is 2. The van der Waals surface area contributed by atoms with E-state index in [4.69, 9.17) is 5.73 Å². The van der Waals surface area contributed by atoms with Crippen LogP contribution in [0.4, 0.5) is 5.69 Å². The Morgan fingerprint density at radius 2 is 1.93 bits per heavy atom. The largest absolute Gasteiger partial charge is 0.396 e. The van der Waals surface area contributed by atoms with Gasteiger partial charge in [0.05, 0.1) is 23.3 Å². The number of aryl methyl sites for hydroxylation is 1. The first-order valence-electron chi connectivity index (χ1n) is 4.56. The Balaban J connectivity index is 2.60. The van der Waals surface area contributed by atoms with Crippen molar-refractivity contribution in [3.8, 4) is 5.69 Å². The predicted octanol–water partition coefficient (Wildman–Crippen LogP) is 2.07. The second kappa shape index (κ2) is 3.18. The summed E-state index contributed by atoms with van der Waals surface area (Å²) in [6.07, 6.45) is 1.68. The first kappa shape index (κ1) is 8.81. The van der Waals surface area contributed by atoms with E-state index in [2.05, 4.69) is 18.1 Å². The molecule has 14 heavy (non-hydrogen) atoms. The van der Waals surface area contributed by atoms with E-state index in [9.17, 15) is 0 Å². The molecule has 3 heteroatoms. The minimum atomic E-state index is 0.730. The standard InChI is InChI=1S/C11H13N3/c1-8-5-3-4-6-11(8)14-9(2)10(12)7-13-14/h3-7H,12H2,1-2H3. The molecule has 2 aromatic rings. The van der Waals surface area contributed by atoms with Gasteiger partial charge in [-0.15, -0.1) is 0 Å². The molecule has 2 rings (SSSR count). The SMILES string of the molecule is Cc1ccccc1-n1ncc(N)c1C. The van der Waals surface area contributed by atoms with Crippen molar-refractivity contribution in [3.63, 3.8) is 0 Å². The van der Waals surface area contributed by atoms with Crippen molar-refractivity contribution in [2.75, 3.05) is 5.73 Å². The molecule has 0 atom stereocenters. The Morgan fingerprint density at radius 1 is 1.21 bits per heavy atom. The van der Waals surface area contributed by atoms with Gasteiger partial charge in [0, 0.05) is 0 Å². The van der Waals surface area contributed by atoms with E-state index in [0.717, 1.165) is 17.1 Å². The fourth-order valence-corrected chi connectivity index (χ4v) is 1.47. The lowest BCUT2D eigenvalue weighted by molar-refractivity contribution is 0.841. The second-order valence-electron chi connectivity index (χ2n) is 3.38. The normalized spacial score (nSPS) is 10.4. The van der Waals surface area contributed by atoms with Gasteiger partial charge in [-0.2, -0.15) is 5.10 Å². The highest BCUT2D eigenvalue weighted by Crippen LogP contribution is 2.17. The number of rotatable bonds is 1. The fourth-order valence-electron chi connectivity index (χ4n) is 1.47. The molecular weight excluding hydrogens is 174 g/mol. The van der Waals surface area contributed by atoms with Crippen molar-refractivity contribution in [3.05, 3.63) is 41.7 Å². The van der Waals surface area contributed by atoms with E-state index in [1.165, 1.54) is 5.56 Å². The Morgan fingerprint density at radius 3 is 2.50 bits per heavy atom. The third-order valence-electron chi connectivity index (χ3n) is 2.39. The van der Waals surface area contributed by atoms with E-state index < -0.39 is 0 Å². The quantitative estimate of drug-likeness (QED) is 0.742. The summed E-state index contributed by atoms with van der Waals surface area (Å²) in [7, 11) is 0. The zero-order chi connectivity index (χ0) is 10.1. The van der Waals surface area contributed by atoms with Gasteiger partial charge < -0.3 is 5.73 Å². The van der Waals surface area contributed by atoms with Gasteiger partial charge in [0.1, 0.15) is 0 Å². The smallest absolute Gasteiger partial charge is 0.0734 e. The highest BCUT2D eigenvalue weighted by atomic mass is 15.3. The number of hydrogen-bond acceptors (Lipinski definition) is 2. The summed E-state index contributed by atoms with van der Waals surface area (Å²) < 4.78 is 1.87. The second-order valence-corrected chi connectivity index (χ2v) is 3.38.